The zero-order valence-corrected chi connectivity index (χ0v) is 11.8. The van der Waals surface area contributed by atoms with Crippen LogP contribution in [0.2, 0.25) is 0 Å². The molecule has 0 spiro atoms. The van der Waals surface area contributed by atoms with Crippen molar-refractivity contribution in [3.63, 3.8) is 0 Å². The van der Waals surface area contributed by atoms with Crippen molar-refractivity contribution in [1.82, 2.24) is 5.32 Å². The van der Waals surface area contributed by atoms with Gasteiger partial charge in [-0.2, -0.15) is 0 Å². The van der Waals surface area contributed by atoms with E-state index in [-0.39, 0.29) is 5.41 Å². The van der Waals surface area contributed by atoms with Gasteiger partial charge in [-0.15, -0.1) is 0 Å². The molecule has 1 amide bonds. The summed E-state index contributed by atoms with van der Waals surface area (Å²) in [5, 5.41) is 2.67. The Morgan fingerprint density at radius 2 is 1.83 bits per heavy atom. The van der Waals surface area contributed by atoms with Crippen molar-refractivity contribution >= 4 is 11.7 Å². The molecule has 0 heterocycles. The van der Waals surface area contributed by atoms with Gasteiger partial charge in [-0.1, -0.05) is 37.6 Å². The van der Waals surface area contributed by atoms with Gasteiger partial charge in [0.2, 0.25) is 5.78 Å². The first-order valence-electron chi connectivity index (χ1n) is 6.10. The average molecular weight is 247 g/mol. The summed E-state index contributed by atoms with van der Waals surface area (Å²) in [5.41, 5.74) is 3.43. The Labute approximate surface area is 109 Å². The molecule has 1 N–H and O–H groups in total. The first-order chi connectivity index (χ1) is 8.24. The Morgan fingerprint density at radius 1 is 1.22 bits per heavy atom. The molecule has 1 rings (SSSR count). The second-order valence-electron chi connectivity index (χ2n) is 5.44. The topological polar surface area (TPSA) is 46.2 Å². The zero-order chi connectivity index (χ0) is 13.9. The fraction of sp³-hybridized carbons (Fsp3) is 0.467. The van der Waals surface area contributed by atoms with Crippen LogP contribution < -0.4 is 5.32 Å². The fourth-order valence-electron chi connectivity index (χ4n) is 2.09. The van der Waals surface area contributed by atoms with Crippen LogP contribution in [0.3, 0.4) is 0 Å². The van der Waals surface area contributed by atoms with Crippen molar-refractivity contribution in [3.05, 3.63) is 34.9 Å². The van der Waals surface area contributed by atoms with E-state index in [2.05, 4.69) is 51.2 Å². The molecule has 0 unspecified atom stereocenters. The van der Waals surface area contributed by atoms with E-state index >= 15 is 0 Å². The van der Waals surface area contributed by atoms with Gasteiger partial charge in [0.05, 0.1) is 0 Å². The fourth-order valence-corrected chi connectivity index (χ4v) is 2.09. The predicted octanol–water partition coefficient (Wildman–Crippen LogP) is 2.29. The lowest BCUT2D eigenvalue weighted by Gasteiger charge is -2.27. The standard InChI is InChI=1S/C15H21NO2/c1-10-6-7-13(11(2)8-10)15(4,5)9-16-14(18)12(3)17/h6-8H,9H2,1-5H3,(H,16,18). The number of hydrogen-bond donors (Lipinski definition) is 1. The summed E-state index contributed by atoms with van der Waals surface area (Å²) < 4.78 is 0. The van der Waals surface area contributed by atoms with Gasteiger partial charge in [0.1, 0.15) is 0 Å². The number of nitrogens with one attached hydrogen (secondary N) is 1. The Morgan fingerprint density at radius 3 is 2.33 bits per heavy atom. The van der Waals surface area contributed by atoms with Crippen LogP contribution in [-0.4, -0.2) is 18.2 Å². The van der Waals surface area contributed by atoms with Gasteiger partial charge in [0.25, 0.3) is 5.91 Å². The van der Waals surface area contributed by atoms with E-state index in [9.17, 15) is 9.59 Å². The number of benzene rings is 1. The van der Waals surface area contributed by atoms with Crippen molar-refractivity contribution in [2.24, 2.45) is 0 Å². The highest BCUT2D eigenvalue weighted by molar-refractivity contribution is 6.35. The number of carbonyl (C=O) groups is 2. The van der Waals surface area contributed by atoms with Crippen LogP contribution in [0.4, 0.5) is 0 Å². The van der Waals surface area contributed by atoms with Crippen molar-refractivity contribution in [2.75, 3.05) is 6.54 Å². The lowest BCUT2D eigenvalue weighted by atomic mass is 9.81. The van der Waals surface area contributed by atoms with Crippen LogP contribution >= 0.6 is 0 Å². The summed E-state index contributed by atoms with van der Waals surface area (Å²) in [5.74, 6) is -0.973. The molecular formula is C15H21NO2. The lowest BCUT2D eigenvalue weighted by Crippen LogP contribution is -2.39. The quantitative estimate of drug-likeness (QED) is 0.830. The zero-order valence-electron chi connectivity index (χ0n) is 11.8. The molecular weight excluding hydrogens is 226 g/mol. The second-order valence-corrected chi connectivity index (χ2v) is 5.44. The molecule has 1 aromatic carbocycles. The predicted molar refractivity (Wildman–Crippen MR) is 72.6 cm³/mol. The SMILES string of the molecule is CC(=O)C(=O)NCC(C)(C)c1ccc(C)cc1C. The minimum absolute atomic E-state index is 0.192. The summed E-state index contributed by atoms with van der Waals surface area (Å²) in [6.45, 7) is 9.98. The molecule has 0 saturated carbocycles. The van der Waals surface area contributed by atoms with E-state index in [4.69, 9.17) is 0 Å². The minimum Gasteiger partial charge on any atom is -0.349 e. The number of aryl methyl sites for hydroxylation is 2. The molecule has 3 nitrogen and oxygen atoms in total. The van der Waals surface area contributed by atoms with Crippen LogP contribution in [0, 0.1) is 13.8 Å². The molecule has 3 heteroatoms. The Balaban J connectivity index is 2.85. The van der Waals surface area contributed by atoms with Crippen LogP contribution in [0.5, 0.6) is 0 Å². The summed E-state index contributed by atoms with van der Waals surface area (Å²) in [4.78, 5) is 22.2. The maximum Gasteiger partial charge on any atom is 0.287 e. The van der Waals surface area contributed by atoms with Gasteiger partial charge in [0, 0.05) is 18.9 Å². The average Bonchev–Trinajstić information content (AvgIpc) is 2.25. The molecule has 0 aliphatic rings. The van der Waals surface area contributed by atoms with E-state index in [1.807, 2.05) is 0 Å². The van der Waals surface area contributed by atoms with Crippen molar-refractivity contribution in [1.29, 1.82) is 0 Å². The highest BCUT2D eigenvalue weighted by Crippen LogP contribution is 2.26. The minimum atomic E-state index is -0.521. The first kappa shape index (κ1) is 14.4. The number of amides is 1. The summed E-state index contributed by atoms with van der Waals surface area (Å²) >= 11 is 0. The van der Waals surface area contributed by atoms with Crippen LogP contribution in [0.1, 0.15) is 37.5 Å². The van der Waals surface area contributed by atoms with E-state index in [0.717, 1.165) is 0 Å². The molecule has 0 aromatic heterocycles. The molecule has 18 heavy (non-hydrogen) atoms. The Kier molecular flexibility index (Phi) is 4.28. The third-order valence-electron chi connectivity index (χ3n) is 3.12. The highest BCUT2D eigenvalue weighted by atomic mass is 16.2. The van der Waals surface area contributed by atoms with Gasteiger partial charge >= 0.3 is 0 Å². The number of Topliss-reactive ketones (excluding diaryl/α,β-unsaturated/α-hetero) is 1. The maximum absolute atomic E-state index is 11.3. The van der Waals surface area contributed by atoms with E-state index < -0.39 is 11.7 Å². The molecule has 0 aliphatic carbocycles. The van der Waals surface area contributed by atoms with Crippen LogP contribution in [0.25, 0.3) is 0 Å². The molecule has 0 saturated heterocycles. The number of rotatable bonds is 4. The molecule has 98 valence electrons. The number of carbonyl (C=O) groups excluding carboxylic acids is 2. The van der Waals surface area contributed by atoms with Gasteiger partial charge in [0.15, 0.2) is 0 Å². The van der Waals surface area contributed by atoms with Crippen molar-refractivity contribution < 1.29 is 9.59 Å². The second kappa shape index (κ2) is 5.34. The van der Waals surface area contributed by atoms with Gasteiger partial charge < -0.3 is 5.32 Å². The summed E-state index contributed by atoms with van der Waals surface area (Å²) in [7, 11) is 0. The lowest BCUT2D eigenvalue weighted by molar-refractivity contribution is -0.136. The number of hydrogen-bond acceptors (Lipinski definition) is 2. The first-order valence-corrected chi connectivity index (χ1v) is 6.10. The smallest absolute Gasteiger partial charge is 0.287 e. The third kappa shape index (κ3) is 3.42. The maximum atomic E-state index is 11.3. The van der Waals surface area contributed by atoms with Gasteiger partial charge in [-0.3, -0.25) is 9.59 Å². The Hall–Kier alpha value is -1.64. The Bertz CT molecular complexity index is 475. The number of ketones is 1. The molecule has 0 bridgehead atoms. The summed E-state index contributed by atoms with van der Waals surface area (Å²) in [6.07, 6.45) is 0. The highest BCUT2D eigenvalue weighted by Gasteiger charge is 2.23. The largest absolute Gasteiger partial charge is 0.349 e. The summed E-state index contributed by atoms with van der Waals surface area (Å²) in [6, 6.07) is 6.28. The monoisotopic (exact) mass is 247 g/mol. The van der Waals surface area contributed by atoms with E-state index in [1.165, 1.54) is 23.6 Å². The van der Waals surface area contributed by atoms with Crippen molar-refractivity contribution in [3.8, 4) is 0 Å². The van der Waals surface area contributed by atoms with Gasteiger partial charge in [-0.05, 0) is 25.0 Å². The third-order valence-corrected chi connectivity index (χ3v) is 3.12. The van der Waals surface area contributed by atoms with Crippen molar-refractivity contribution in [2.45, 2.75) is 40.0 Å². The van der Waals surface area contributed by atoms with Crippen LogP contribution in [0.15, 0.2) is 18.2 Å². The van der Waals surface area contributed by atoms with Crippen LogP contribution in [-0.2, 0) is 15.0 Å². The normalized spacial score (nSPS) is 11.2. The van der Waals surface area contributed by atoms with Gasteiger partial charge in [-0.25, -0.2) is 0 Å². The molecule has 0 fully saturated rings. The van der Waals surface area contributed by atoms with E-state index in [1.54, 1.807) is 0 Å². The molecule has 0 atom stereocenters. The molecule has 0 aliphatic heterocycles. The molecule has 1 aromatic rings. The van der Waals surface area contributed by atoms with E-state index in [0.29, 0.717) is 6.54 Å². The molecule has 0 radical (unpaired) electrons.